The summed E-state index contributed by atoms with van der Waals surface area (Å²) in [6.45, 7) is 1.55. The molecule has 0 bridgehead atoms. The van der Waals surface area contributed by atoms with Gasteiger partial charge in [0.1, 0.15) is 5.82 Å². The molecule has 0 aliphatic carbocycles. The lowest BCUT2D eigenvalue weighted by molar-refractivity contribution is 0.138. The van der Waals surface area contributed by atoms with Gasteiger partial charge < -0.3 is 5.11 Å². The molecule has 74 valence electrons. The Morgan fingerprint density at radius 2 is 2.21 bits per heavy atom. The van der Waals surface area contributed by atoms with Crippen LogP contribution in [0.3, 0.4) is 0 Å². The molecule has 1 aromatic carbocycles. The van der Waals surface area contributed by atoms with Crippen molar-refractivity contribution < 1.29 is 9.50 Å². The minimum atomic E-state index is -1.09. The summed E-state index contributed by atoms with van der Waals surface area (Å²) in [6, 6.07) is 6.16. The van der Waals surface area contributed by atoms with Crippen LogP contribution in [0.4, 0.5) is 4.39 Å². The number of aliphatic hydroxyl groups is 1. The zero-order valence-electron chi connectivity index (χ0n) is 7.54. The summed E-state index contributed by atoms with van der Waals surface area (Å²) in [5.74, 6) is -1.12. The number of hydrogen-bond donors (Lipinski definition) is 1. The van der Waals surface area contributed by atoms with Gasteiger partial charge in [-0.15, -0.1) is 0 Å². The highest BCUT2D eigenvalue weighted by Gasteiger charge is 2.19. The van der Waals surface area contributed by atoms with Crippen LogP contribution in [0.2, 0.25) is 0 Å². The van der Waals surface area contributed by atoms with Crippen molar-refractivity contribution in [2.24, 2.45) is 5.92 Å². The number of halogens is 2. The average molecular weight is 258 g/mol. The summed E-state index contributed by atoms with van der Waals surface area (Å²) in [5.41, 5.74) is 0.147. The van der Waals surface area contributed by atoms with Gasteiger partial charge in [-0.1, -0.05) is 15.9 Å². The van der Waals surface area contributed by atoms with Crippen LogP contribution in [-0.4, -0.2) is 5.11 Å². The summed E-state index contributed by atoms with van der Waals surface area (Å²) in [4.78, 5) is 0. The first-order chi connectivity index (χ1) is 6.56. The van der Waals surface area contributed by atoms with Crippen LogP contribution in [0.25, 0.3) is 0 Å². The number of nitriles is 1. The molecule has 0 amide bonds. The van der Waals surface area contributed by atoms with Gasteiger partial charge in [-0.3, -0.25) is 0 Å². The number of benzene rings is 1. The third-order valence-corrected chi connectivity index (χ3v) is 2.45. The lowest BCUT2D eigenvalue weighted by Gasteiger charge is -2.13. The van der Waals surface area contributed by atoms with Crippen molar-refractivity contribution in [3.8, 4) is 6.07 Å². The third-order valence-electron chi connectivity index (χ3n) is 1.95. The van der Waals surface area contributed by atoms with Crippen molar-refractivity contribution in [2.75, 3.05) is 0 Å². The molecule has 2 nitrogen and oxygen atoms in total. The lowest BCUT2D eigenvalue weighted by Crippen LogP contribution is -2.09. The molecule has 0 saturated heterocycles. The van der Waals surface area contributed by atoms with Crippen LogP contribution < -0.4 is 0 Å². The Balaban J connectivity index is 3.07. The van der Waals surface area contributed by atoms with Gasteiger partial charge in [0, 0.05) is 10.0 Å². The average Bonchev–Trinajstić information content (AvgIpc) is 2.19. The standard InChI is InChI=1S/C10H9BrFNO/c1-6(5-13)10(14)8-4-7(11)2-3-9(8)12/h2-4,6,10,14H,1H3. The van der Waals surface area contributed by atoms with Gasteiger partial charge in [0.15, 0.2) is 0 Å². The minimum Gasteiger partial charge on any atom is -0.387 e. The van der Waals surface area contributed by atoms with Crippen molar-refractivity contribution in [3.63, 3.8) is 0 Å². The second-order valence-electron chi connectivity index (χ2n) is 3.03. The zero-order valence-corrected chi connectivity index (χ0v) is 9.12. The first-order valence-corrected chi connectivity index (χ1v) is 4.88. The fourth-order valence-corrected chi connectivity index (χ4v) is 1.46. The van der Waals surface area contributed by atoms with Crippen LogP contribution in [-0.2, 0) is 0 Å². The molecule has 0 aromatic heterocycles. The van der Waals surface area contributed by atoms with Crippen LogP contribution in [0, 0.1) is 23.1 Å². The van der Waals surface area contributed by atoms with Crippen LogP contribution >= 0.6 is 15.9 Å². The quantitative estimate of drug-likeness (QED) is 0.886. The van der Waals surface area contributed by atoms with E-state index in [4.69, 9.17) is 5.26 Å². The molecule has 0 aliphatic heterocycles. The maximum atomic E-state index is 13.2. The van der Waals surface area contributed by atoms with E-state index in [0.717, 1.165) is 0 Å². The highest BCUT2D eigenvalue weighted by molar-refractivity contribution is 9.10. The smallest absolute Gasteiger partial charge is 0.129 e. The molecule has 14 heavy (non-hydrogen) atoms. The zero-order chi connectivity index (χ0) is 10.7. The van der Waals surface area contributed by atoms with Crippen LogP contribution in [0.5, 0.6) is 0 Å². The highest BCUT2D eigenvalue weighted by atomic mass is 79.9. The molecule has 0 aliphatic rings. The molecule has 1 rings (SSSR count). The third kappa shape index (κ3) is 2.31. The molecule has 1 aromatic rings. The van der Waals surface area contributed by atoms with Gasteiger partial charge in [0.2, 0.25) is 0 Å². The highest BCUT2D eigenvalue weighted by Crippen LogP contribution is 2.26. The minimum absolute atomic E-state index is 0.147. The second-order valence-corrected chi connectivity index (χ2v) is 3.94. The van der Waals surface area contributed by atoms with E-state index in [1.807, 2.05) is 6.07 Å². The van der Waals surface area contributed by atoms with E-state index >= 15 is 0 Å². The fourth-order valence-electron chi connectivity index (χ4n) is 1.08. The number of rotatable bonds is 2. The SMILES string of the molecule is CC(C#N)C(O)c1cc(Br)ccc1F. The van der Waals surface area contributed by atoms with Gasteiger partial charge in [-0.05, 0) is 25.1 Å². The van der Waals surface area contributed by atoms with E-state index in [0.29, 0.717) is 4.47 Å². The first-order valence-electron chi connectivity index (χ1n) is 4.09. The van der Waals surface area contributed by atoms with Gasteiger partial charge in [-0.2, -0.15) is 5.26 Å². The van der Waals surface area contributed by atoms with Crippen LogP contribution in [0.15, 0.2) is 22.7 Å². The Hall–Kier alpha value is -0.920. The Morgan fingerprint density at radius 1 is 1.57 bits per heavy atom. The Labute approximate surface area is 90.1 Å². The molecular formula is C10H9BrFNO. The Morgan fingerprint density at radius 3 is 2.79 bits per heavy atom. The molecule has 2 unspecified atom stereocenters. The summed E-state index contributed by atoms with van der Waals surface area (Å²) < 4.78 is 13.9. The largest absolute Gasteiger partial charge is 0.387 e. The molecular weight excluding hydrogens is 249 g/mol. The molecule has 0 heterocycles. The molecule has 0 saturated carbocycles. The van der Waals surface area contributed by atoms with E-state index < -0.39 is 17.8 Å². The molecule has 2 atom stereocenters. The lowest BCUT2D eigenvalue weighted by atomic mass is 9.98. The van der Waals surface area contributed by atoms with E-state index in [1.54, 1.807) is 13.0 Å². The Bertz CT molecular complexity index is 375. The van der Waals surface area contributed by atoms with Crippen molar-refractivity contribution >= 4 is 15.9 Å². The predicted molar refractivity (Wildman–Crippen MR) is 53.8 cm³/mol. The molecule has 1 N–H and O–H groups in total. The first kappa shape index (κ1) is 11.2. The predicted octanol–water partition coefficient (Wildman–Crippen LogP) is 2.78. The monoisotopic (exact) mass is 257 g/mol. The second kappa shape index (κ2) is 4.54. The van der Waals surface area contributed by atoms with E-state index in [9.17, 15) is 9.50 Å². The van der Waals surface area contributed by atoms with Gasteiger partial charge in [0.05, 0.1) is 18.1 Å². The van der Waals surface area contributed by atoms with Crippen molar-refractivity contribution in [2.45, 2.75) is 13.0 Å². The van der Waals surface area contributed by atoms with Gasteiger partial charge >= 0.3 is 0 Å². The summed E-state index contributed by atoms with van der Waals surface area (Å²) in [5, 5.41) is 18.2. The molecule has 0 radical (unpaired) electrons. The fraction of sp³-hybridized carbons (Fsp3) is 0.300. The van der Waals surface area contributed by atoms with Gasteiger partial charge in [-0.25, -0.2) is 4.39 Å². The van der Waals surface area contributed by atoms with E-state index in [1.165, 1.54) is 12.1 Å². The van der Waals surface area contributed by atoms with E-state index in [2.05, 4.69) is 15.9 Å². The molecule has 0 spiro atoms. The normalized spacial score (nSPS) is 14.5. The van der Waals surface area contributed by atoms with Crippen LogP contribution in [0.1, 0.15) is 18.6 Å². The summed E-state index contributed by atoms with van der Waals surface area (Å²) in [6.07, 6.45) is -1.09. The number of hydrogen-bond acceptors (Lipinski definition) is 2. The van der Waals surface area contributed by atoms with E-state index in [-0.39, 0.29) is 5.56 Å². The summed E-state index contributed by atoms with van der Waals surface area (Å²) >= 11 is 3.17. The van der Waals surface area contributed by atoms with Crippen molar-refractivity contribution in [1.82, 2.24) is 0 Å². The molecule has 4 heteroatoms. The van der Waals surface area contributed by atoms with Crippen molar-refractivity contribution in [1.29, 1.82) is 5.26 Å². The maximum Gasteiger partial charge on any atom is 0.129 e. The maximum absolute atomic E-state index is 13.2. The number of nitrogens with zero attached hydrogens (tertiary/aromatic N) is 1. The van der Waals surface area contributed by atoms with Crippen molar-refractivity contribution in [3.05, 3.63) is 34.1 Å². The number of aliphatic hydroxyl groups excluding tert-OH is 1. The summed E-state index contributed by atoms with van der Waals surface area (Å²) in [7, 11) is 0. The Kier molecular flexibility index (Phi) is 3.62. The molecule has 0 fully saturated rings. The topological polar surface area (TPSA) is 44.0 Å². The van der Waals surface area contributed by atoms with Gasteiger partial charge in [0.25, 0.3) is 0 Å².